The first-order chi connectivity index (χ1) is 11.5. The number of ether oxygens (including phenoxy) is 3. The molecule has 1 aromatic carbocycles. The zero-order valence-corrected chi connectivity index (χ0v) is 15.0. The van der Waals surface area contributed by atoms with E-state index < -0.39 is 0 Å². The summed E-state index contributed by atoms with van der Waals surface area (Å²) in [5.41, 5.74) is 1.21. The first kappa shape index (κ1) is 17.8. The van der Waals surface area contributed by atoms with Crippen LogP contribution in [0, 0.1) is 0 Å². The van der Waals surface area contributed by atoms with Crippen LogP contribution < -0.4 is 14.2 Å². The highest BCUT2D eigenvalue weighted by Crippen LogP contribution is 2.39. The largest absolute Gasteiger partial charge is 0.493 e. The van der Waals surface area contributed by atoms with Crippen molar-refractivity contribution in [3.63, 3.8) is 0 Å². The molecule has 1 heterocycles. The second kappa shape index (κ2) is 7.35. The van der Waals surface area contributed by atoms with Crippen LogP contribution in [0.5, 0.6) is 17.2 Å². The van der Waals surface area contributed by atoms with Gasteiger partial charge in [-0.2, -0.15) is 0 Å². The van der Waals surface area contributed by atoms with Crippen LogP contribution >= 0.6 is 12.2 Å². The molecule has 1 aromatic rings. The lowest BCUT2D eigenvalue weighted by molar-refractivity contribution is -0.122. The number of rotatable bonds is 6. The fourth-order valence-corrected chi connectivity index (χ4v) is 2.70. The molecule has 1 saturated heterocycles. The van der Waals surface area contributed by atoms with Crippen LogP contribution in [0.15, 0.2) is 30.5 Å². The van der Waals surface area contributed by atoms with E-state index in [-0.39, 0.29) is 5.91 Å². The Balaban J connectivity index is 2.49. The predicted octanol–water partition coefficient (Wildman–Crippen LogP) is 2.30. The maximum atomic E-state index is 12.5. The van der Waals surface area contributed by atoms with Crippen LogP contribution in [0.25, 0.3) is 6.08 Å². The van der Waals surface area contributed by atoms with E-state index in [1.165, 1.54) is 4.90 Å². The third kappa shape index (κ3) is 3.07. The van der Waals surface area contributed by atoms with Crippen molar-refractivity contribution in [3.8, 4) is 17.2 Å². The van der Waals surface area contributed by atoms with Gasteiger partial charge in [0, 0.05) is 13.6 Å². The zero-order valence-electron chi connectivity index (χ0n) is 14.2. The number of carbonyl (C=O) groups is 1. The molecule has 2 rings (SSSR count). The molecule has 0 spiro atoms. The van der Waals surface area contributed by atoms with Crippen LogP contribution in [-0.2, 0) is 4.79 Å². The van der Waals surface area contributed by atoms with E-state index in [4.69, 9.17) is 26.4 Å². The van der Waals surface area contributed by atoms with Crippen molar-refractivity contribution in [3.05, 3.63) is 36.0 Å². The summed E-state index contributed by atoms with van der Waals surface area (Å²) in [6.45, 7) is 4.02. The molecule has 0 atom stereocenters. The maximum absolute atomic E-state index is 12.5. The molecule has 0 bridgehead atoms. The lowest BCUT2D eigenvalue weighted by atomic mass is 10.1. The summed E-state index contributed by atoms with van der Waals surface area (Å²) in [5.74, 6) is 1.36. The van der Waals surface area contributed by atoms with Crippen LogP contribution in [-0.4, -0.2) is 55.7 Å². The number of carbonyl (C=O) groups excluding carboxylic acids is 1. The van der Waals surface area contributed by atoms with Gasteiger partial charge in [-0.1, -0.05) is 6.08 Å². The second-order valence-electron chi connectivity index (χ2n) is 5.03. The number of hydrogen-bond acceptors (Lipinski definition) is 5. The van der Waals surface area contributed by atoms with Crippen molar-refractivity contribution >= 4 is 29.3 Å². The van der Waals surface area contributed by atoms with Gasteiger partial charge in [-0.15, -0.1) is 6.58 Å². The molecule has 0 radical (unpaired) electrons. The third-order valence-electron chi connectivity index (χ3n) is 3.65. The van der Waals surface area contributed by atoms with Crippen LogP contribution in [0.1, 0.15) is 5.56 Å². The fourth-order valence-electron chi connectivity index (χ4n) is 2.44. The molecule has 1 amide bonds. The molecular formula is C17H20N2O4S. The quantitative estimate of drug-likeness (QED) is 0.447. The van der Waals surface area contributed by atoms with Crippen LogP contribution in [0.2, 0.25) is 0 Å². The Morgan fingerprint density at radius 3 is 2.21 bits per heavy atom. The standard InChI is InChI=1S/C17H20N2O4S/c1-6-7-19-16(20)12(18(2)17(19)24)8-11-9-13(21-3)15(23-5)14(10-11)22-4/h6,8-10H,1,7H2,2-5H3/b12-8+. The summed E-state index contributed by atoms with van der Waals surface area (Å²) in [6.07, 6.45) is 3.38. The summed E-state index contributed by atoms with van der Waals surface area (Å²) in [4.78, 5) is 15.7. The molecule has 0 N–H and O–H groups in total. The van der Waals surface area contributed by atoms with Gasteiger partial charge in [0.2, 0.25) is 5.75 Å². The minimum atomic E-state index is -0.170. The Morgan fingerprint density at radius 1 is 1.17 bits per heavy atom. The Kier molecular flexibility index (Phi) is 5.46. The maximum Gasteiger partial charge on any atom is 0.277 e. The molecule has 0 aromatic heterocycles. The Labute approximate surface area is 146 Å². The highest BCUT2D eigenvalue weighted by Gasteiger charge is 2.34. The normalized spacial score (nSPS) is 15.9. The summed E-state index contributed by atoms with van der Waals surface area (Å²) in [6, 6.07) is 3.55. The molecule has 6 nitrogen and oxygen atoms in total. The minimum absolute atomic E-state index is 0.170. The van der Waals surface area contributed by atoms with Crippen molar-refractivity contribution in [2.45, 2.75) is 0 Å². The van der Waals surface area contributed by atoms with Gasteiger partial charge in [0.05, 0.1) is 21.3 Å². The lowest BCUT2D eigenvalue weighted by Crippen LogP contribution is -2.31. The lowest BCUT2D eigenvalue weighted by Gasteiger charge is -2.14. The topological polar surface area (TPSA) is 51.2 Å². The first-order valence-electron chi connectivity index (χ1n) is 7.20. The summed E-state index contributed by atoms with van der Waals surface area (Å²) >= 11 is 5.31. The van der Waals surface area contributed by atoms with Gasteiger partial charge in [0.25, 0.3) is 5.91 Å². The Bertz CT molecular complexity index is 690. The van der Waals surface area contributed by atoms with Crippen molar-refractivity contribution in [1.82, 2.24) is 9.80 Å². The van der Waals surface area contributed by atoms with E-state index in [2.05, 4.69) is 6.58 Å². The van der Waals surface area contributed by atoms with E-state index in [0.717, 1.165) is 5.56 Å². The van der Waals surface area contributed by atoms with E-state index in [1.54, 1.807) is 57.6 Å². The molecular weight excluding hydrogens is 328 g/mol. The van der Waals surface area contributed by atoms with Gasteiger partial charge >= 0.3 is 0 Å². The monoisotopic (exact) mass is 348 g/mol. The third-order valence-corrected chi connectivity index (χ3v) is 4.14. The number of nitrogens with zero attached hydrogens (tertiary/aromatic N) is 2. The van der Waals surface area contributed by atoms with Crippen molar-refractivity contribution < 1.29 is 19.0 Å². The van der Waals surface area contributed by atoms with Gasteiger partial charge in [0.1, 0.15) is 5.70 Å². The number of amides is 1. The Morgan fingerprint density at radius 2 is 1.75 bits per heavy atom. The summed E-state index contributed by atoms with van der Waals surface area (Å²) < 4.78 is 16.0. The van der Waals surface area contributed by atoms with Gasteiger partial charge in [-0.05, 0) is 36.0 Å². The first-order valence-corrected chi connectivity index (χ1v) is 7.61. The van der Waals surface area contributed by atoms with Gasteiger partial charge in [-0.25, -0.2) is 0 Å². The van der Waals surface area contributed by atoms with E-state index >= 15 is 0 Å². The van der Waals surface area contributed by atoms with Gasteiger partial charge in [-0.3, -0.25) is 9.69 Å². The second-order valence-corrected chi connectivity index (χ2v) is 5.40. The van der Waals surface area contributed by atoms with Crippen LogP contribution in [0.3, 0.4) is 0 Å². The molecule has 128 valence electrons. The number of benzene rings is 1. The van der Waals surface area contributed by atoms with Crippen LogP contribution in [0.4, 0.5) is 0 Å². The summed E-state index contributed by atoms with van der Waals surface area (Å²) in [5, 5.41) is 0.443. The van der Waals surface area contributed by atoms with E-state index in [1.807, 2.05) is 0 Å². The zero-order chi connectivity index (χ0) is 17.9. The van der Waals surface area contributed by atoms with E-state index in [9.17, 15) is 4.79 Å². The van der Waals surface area contributed by atoms with Gasteiger partial charge < -0.3 is 19.1 Å². The highest BCUT2D eigenvalue weighted by molar-refractivity contribution is 7.80. The summed E-state index contributed by atoms with van der Waals surface area (Å²) in [7, 11) is 6.38. The molecule has 1 aliphatic heterocycles. The number of methoxy groups -OCH3 is 3. The predicted molar refractivity (Wildman–Crippen MR) is 96.3 cm³/mol. The molecule has 1 aliphatic rings. The molecule has 0 saturated carbocycles. The number of thiocarbonyl (C=S) groups is 1. The Hall–Kier alpha value is -2.54. The van der Waals surface area contributed by atoms with Crippen molar-refractivity contribution in [2.24, 2.45) is 0 Å². The van der Waals surface area contributed by atoms with E-state index in [0.29, 0.717) is 34.6 Å². The molecule has 24 heavy (non-hydrogen) atoms. The molecule has 7 heteroatoms. The van der Waals surface area contributed by atoms with Crippen molar-refractivity contribution in [1.29, 1.82) is 0 Å². The molecule has 1 fully saturated rings. The average molecular weight is 348 g/mol. The minimum Gasteiger partial charge on any atom is -0.493 e. The highest BCUT2D eigenvalue weighted by atomic mass is 32.1. The van der Waals surface area contributed by atoms with Crippen molar-refractivity contribution in [2.75, 3.05) is 34.9 Å². The number of likely N-dealkylation sites (N-methyl/N-ethyl adjacent to an activating group) is 1. The molecule has 0 aliphatic carbocycles. The van der Waals surface area contributed by atoms with Gasteiger partial charge in [0.15, 0.2) is 16.6 Å². The SMILES string of the molecule is C=CCN1C(=O)/C(=C\c2cc(OC)c(OC)c(OC)c2)N(C)C1=S. The fraction of sp³-hybridized carbons (Fsp3) is 0.294. The number of hydrogen-bond donors (Lipinski definition) is 0. The smallest absolute Gasteiger partial charge is 0.277 e. The average Bonchev–Trinajstić information content (AvgIpc) is 2.79. The molecule has 0 unspecified atom stereocenters.